The molecule has 0 atom stereocenters. The molecule has 0 unspecified atom stereocenters. The maximum Gasteiger partial charge on any atom is 0.407 e. The summed E-state index contributed by atoms with van der Waals surface area (Å²) in [6.07, 6.45) is -0.105. The Labute approximate surface area is 149 Å². The third-order valence-corrected chi connectivity index (χ3v) is 3.37. The minimum absolute atomic E-state index is 0.0777. The fourth-order valence-electron chi connectivity index (χ4n) is 2.04. The zero-order valence-electron chi connectivity index (χ0n) is 14.0. The lowest BCUT2D eigenvalue weighted by Gasteiger charge is -2.15. The van der Waals surface area contributed by atoms with Crippen LogP contribution in [0.15, 0.2) is 42.6 Å². The van der Waals surface area contributed by atoms with E-state index in [1.54, 1.807) is 12.1 Å². The Morgan fingerprint density at radius 2 is 1.81 bits per heavy atom. The number of ether oxygens (including phenoxy) is 1. The number of hydroxylamine groups is 2. The van der Waals surface area contributed by atoms with E-state index >= 15 is 0 Å². The molecule has 0 saturated carbocycles. The van der Waals surface area contributed by atoms with Gasteiger partial charge in [0.15, 0.2) is 0 Å². The quantitative estimate of drug-likeness (QED) is 0.736. The summed E-state index contributed by atoms with van der Waals surface area (Å²) in [5.41, 5.74) is 1.20. The van der Waals surface area contributed by atoms with Crippen LogP contribution in [0, 0.1) is 0 Å². The van der Waals surface area contributed by atoms with E-state index in [0.717, 1.165) is 10.6 Å². The molecule has 9 nitrogen and oxygen atoms in total. The molecule has 2 N–H and O–H groups in total. The van der Waals surface area contributed by atoms with Gasteiger partial charge in [-0.05, 0) is 12.0 Å². The van der Waals surface area contributed by atoms with Crippen molar-refractivity contribution in [1.82, 2.24) is 15.7 Å². The lowest BCUT2D eigenvalue weighted by atomic mass is 10.2. The molecule has 1 aliphatic rings. The lowest BCUT2D eigenvalue weighted by molar-refractivity contribution is -0.185. The first-order valence-electron chi connectivity index (χ1n) is 7.88. The number of carbonyl (C=O) groups excluding carboxylic acids is 4. The van der Waals surface area contributed by atoms with E-state index in [4.69, 9.17) is 9.57 Å². The summed E-state index contributed by atoms with van der Waals surface area (Å²) in [4.78, 5) is 51.0. The average molecular weight is 361 g/mol. The van der Waals surface area contributed by atoms with E-state index in [1.165, 1.54) is 0 Å². The van der Waals surface area contributed by atoms with Crippen LogP contribution in [0.5, 0.6) is 0 Å². The third-order valence-electron chi connectivity index (χ3n) is 3.37. The van der Waals surface area contributed by atoms with Gasteiger partial charge >= 0.3 is 12.1 Å². The van der Waals surface area contributed by atoms with Crippen molar-refractivity contribution >= 4 is 23.9 Å². The normalized spacial score (nSPS) is 13.3. The number of nitrogens with one attached hydrogen (secondary N) is 2. The van der Waals surface area contributed by atoms with Gasteiger partial charge in [-0.15, -0.1) is 5.06 Å². The SMILES string of the molecule is C=C1CCC(=O)N1OC(=O)CNC(=O)CNC(=O)OCc1ccccc1. The summed E-state index contributed by atoms with van der Waals surface area (Å²) >= 11 is 0. The number of carbonyl (C=O) groups is 4. The fraction of sp³-hybridized carbons (Fsp3) is 0.294. The Balaban J connectivity index is 1.61. The summed E-state index contributed by atoms with van der Waals surface area (Å²) in [5.74, 6) is -1.79. The van der Waals surface area contributed by atoms with E-state index in [-0.39, 0.29) is 25.5 Å². The second kappa shape index (κ2) is 9.21. The van der Waals surface area contributed by atoms with E-state index in [0.29, 0.717) is 12.1 Å². The first-order valence-corrected chi connectivity index (χ1v) is 7.88. The molecule has 9 heteroatoms. The summed E-state index contributed by atoms with van der Waals surface area (Å²) in [6.45, 7) is 2.87. The number of rotatable bonds is 7. The molecule has 0 aromatic heterocycles. The predicted molar refractivity (Wildman–Crippen MR) is 89.0 cm³/mol. The number of hydrogen-bond donors (Lipinski definition) is 2. The van der Waals surface area contributed by atoms with Crippen molar-refractivity contribution in [2.24, 2.45) is 0 Å². The third kappa shape index (κ3) is 5.93. The number of hydrogen-bond acceptors (Lipinski definition) is 6. The van der Waals surface area contributed by atoms with Crippen molar-refractivity contribution in [3.05, 3.63) is 48.2 Å². The van der Waals surface area contributed by atoms with Crippen LogP contribution in [0.4, 0.5) is 4.79 Å². The van der Waals surface area contributed by atoms with Crippen LogP contribution in [0.3, 0.4) is 0 Å². The molecule has 0 radical (unpaired) electrons. The first-order chi connectivity index (χ1) is 12.5. The van der Waals surface area contributed by atoms with Gasteiger partial charge in [0, 0.05) is 6.42 Å². The fourth-order valence-corrected chi connectivity index (χ4v) is 2.04. The highest BCUT2D eigenvalue weighted by Crippen LogP contribution is 2.20. The molecule has 2 rings (SSSR count). The van der Waals surface area contributed by atoms with Crippen molar-refractivity contribution in [3.8, 4) is 0 Å². The van der Waals surface area contributed by atoms with Crippen LogP contribution in [0.1, 0.15) is 18.4 Å². The number of allylic oxidation sites excluding steroid dienone is 1. The lowest BCUT2D eigenvalue weighted by Crippen LogP contribution is -2.40. The molecule has 1 aliphatic heterocycles. The molecule has 3 amide bonds. The number of benzene rings is 1. The van der Waals surface area contributed by atoms with Gasteiger partial charge in [-0.1, -0.05) is 36.9 Å². The van der Waals surface area contributed by atoms with Gasteiger partial charge in [0.2, 0.25) is 5.91 Å². The zero-order valence-corrected chi connectivity index (χ0v) is 14.0. The van der Waals surface area contributed by atoms with Crippen LogP contribution in [0.2, 0.25) is 0 Å². The number of nitrogens with zero attached hydrogens (tertiary/aromatic N) is 1. The number of alkyl carbamates (subject to hydrolysis) is 1. The Morgan fingerprint density at radius 3 is 2.46 bits per heavy atom. The average Bonchev–Trinajstić information content (AvgIpc) is 2.95. The second-order valence-corrected chi connectivity index (χ2v) is 5.41. The summed E-state index contributed by atoms with van der Waals surface area (Å²) < 4.78 is 4.94. The topological polar surface area (TPSA) is 114 Å². The summed E-state index contributed by atoms with van der Waals surface area (Å²) in [7, 11) is 0. The molecule has 0 aliphatic carbocycles. The molecule has 1 aromatic rings. The van der Waals surface area contributed by atoms with Crippen LogP contribution in [-0.4, -0.2) is 42.0 Å². The van der Waals surface area contributed by atoms with Gasteiger partial charge in [0.05, 0.1) is 5.70 Å². The van der Waals surface area contributed by atoms with Crippen molar-refractivity contribution < 1.29 is 28.8 Å². The molecular formula is C17H19N3O6. The van der Waals surface area contributed by atoms with Crippen LogP contribution < -0.4 is 10.6 Å². The maximum absolute atomic E-state index is 11.6. The molecule has 1 heterocycles. The summed E-state index contributed by atoms with van der Waals surface area (Å²) in [6, 6.07) is 9.06. The largest absolute Gasteiger partial charge is 0.445 e. The number of amides is 3. The first kappa shape index (κ1) is 19.0. The molecule has 26 heavy (non-hydrogen) atoms. The second-order valence-electron chi connectivity index (χ2n) is 5.41. The maximum atomic E-state index is 11.6. The molecule has 0 bridgehead atoms. The molecule has 1 fully saturated rings. The highest BCUT2D eigenvalue weighted by molar-refractivity contribution is 5.86. The monoisotopic (exact) mass is 361 g/mol. The molecule has 138 valence electrons. The van der Waals surface area contributed by atoms with Gasteiger partial charge in [-0.2, -0.15) is 0 Å². The van der Waals surface area contributed by atoms with Gasteiger partial charge in [-0.3, -0.25) is 9.59 Å². The Bertz CT molecular complexity index is 688. The van der Waals surface area contributed by atoms with Gasteiger partial charge in [-0.25, -0.2) is 9.59 Å². The zero-order chi connectivity index (χ0) is 18.9. The molecule has 1 aromatic carbocycles. The highest BCUT2D eigenvalue weighted by Gasteiger charge is 2.28. The van der Waals surface area contributed by atoms with E-state index < -0.39 is 24.5 Å². The van der Waals surface area contributed by atoms with Gasteiger partial charge in [0.25, 0.3) is 5.91 Å². The standard InChI is InChI=1S/C17H19N3O6/c1-12-7-8-15(22)20(12)26-16(23)10-18-14(21)9-19-17(24)25-11-13-5-3-2-4-6-13/h2-6H,1,7-11H2,(H,18,21)(H,19,24). The van der Waals surface area contributed by atoms with Crippen molar-refractivity contribution in [1.29, 1.82) is 0 Å². The van der Waals surface area contributed by atoms with Crippen LogP contribution in [0.25, 0.3) is 0 Å². The van der Waals surface area contributed by atoms with E-state index in [1.807, 2.05) is 18.2 Å². The van der Waals surface area contributed by atoms with Crippen LogP contribution >= 0.6 is 0 Å². The molecular weight excluding hydrogens is 342 g/mol. The molecule has 1 saturated heterocycles. The van der Waals surface area contributed by atoms with E-state index in [9.17, 15) is 19.2 Å². The Hall–Kier alpha value is -3.36. The Morgan fingerprint density at radius 1 is 1.08 bits per heavy atom. The smallest absolute Gasteiger partial charge is 0.407 e. The van der Waals surface area contributed by atoms with Crippen molar-refractivity contribution in [2.45, 2.75) is 19.4 Å². The minimum atomic E-state index is -0.818. The van der Waals surface area contributed by atoms with Crippen LogP contribution in [-0.2, 0) is 30.6 Å². The highest BCUT2D eigenvalue weighted by atomic mass is 16.7. The molecule has 0 spiro atoms. The Kier molecular flexibility index (Phi) is 6.72. The summed E-state index contributed by atoms with van der Waals surface area (Å²) in [5, 5.41) is 5.35. The van der Waals surface area contributed by atoms with Gasteiger partial charge in [0.1, 0.15) is 19.7 Å². The van der Waals surface area contributed by atoms with Gasteiger partial charge < -0.3 is 20.2 Å². The van der Waals surface area contributed by atoms with Crippen molar-refractivity contribution in [3.63, 3.8) is 0 Å². The predicted octanol–water partition coefficient (Wildman–Crippen LogP) is 0.623. The van der Waals surface area contributed by atoms with E-state index in [2.05, 4.69) is 17.2 Å². The van der Waals surface area contributed by atoms with Crippen molar-refractivity contribution in [2.75, 3.05) is 13.1 Å². The minimum Gasteiger partial charge on any atom is -0.445 e.